The smallest absolute Gasteiger partial charge is 0.472 e. The van der Waals surface area contributed by atoms with Crippen LogP contribution in [0.5, 0.6) is 0 Å². The lowest BCUT2D eigenvalue weighted by Crippen LogP contribution is -2.34. The van der Waals surface area contributed by atoms with Crippen LogP contribution in [0.2, 0.25) is 0 Å². The number of aliphatic carboxylic acids is 1. The van der Waals surface area contributed by atoms with E-state index in [4.69, 9.17) is 24.8 Å². The molecule has 0 aromatic rings. The predicted molar refractivity (Wildman–Crippen MR) is 212 cm³/mol. The number of rotatable bonds is 37. The summed E-state index contributed by atoms with van der Waals surface area (Å²) in [6, 6.07) is -1.48. The molecular weight excluding hydrogens is 681 g/mol. The molecule has 0 heterocycles. The van der Waals surface area contributed by atoms with E-state index in [1.165, 1.54) is 51.4 Å². The van der Waals surface area contributed by atoms with Crippen molar-refractivity contribution >= 4 is 19.8 Å². The summed E-state index contributed by atoms with van der Waals surface area (Å²) < 4.78 is 33.2. The number of carboxylic acids is 1. The van der Waals surface area contributed by atoms with Crippen LogP contribution in [0.25, 0.3) is 0 Å². The Morgan fingerprint density at radius 2 is 1.12 bits per heavy atom. The molecule has 4 N–H and O–H groups in total. The summed E-state index contributed by atoms with van der Waals surface area (Å²) >= 11 is 0. The van der Waals surface area contributed by atoms with Crippen molar-refractivity contribution in [1.82, 2.24) is 0 Å². The van der Waals surface area contributed by atoms with E-state index in [9.17, 15) is 19.0 Å². The minimum Gasteiger partial charge on any atom is -0.480 e. The number of carboxylic acid groups (broad SMARTS) is 1. The number of carbonyl (C=O) groups is 2. The summed E-state index contributed by atoms with van der Waals surface area (Å²) in [6.45, 7) is 3.63. The van der Waals surface area contributed by atoms with Crippen LogP contribution in [-0.4, -0.2) is 60.5 Å². The Kier molecular flexibility index (Phi) is 35.3. The first kappa shape index (κ1) is 49.7. The zero-order valence-corrected chi connectivity index (χ0v) is 33.3. The molecule has 0 rings (SSSR count). The maximum atomic E-state index is 12.6. The van der Waals surface area contributed by atoms with Crippen LogP contribution >= 0.6 is 7.82 Å². The Labute approximate surface area is 315 Å². The molecule has 0 spiro atoms. The topological polar surface area (TPSA) is 155 Å². The number of unbranched alkanes of at least 4 members (excludes halogenated alkanes) is 13. The van der Waals surface area contributed by atoms with Crippen molar-refractivity contribution in [3.63, 3.8) is 0 Å². The molecule has 0 fully saturated rings. The van der Waals surface area contributed by atoms with Crippen LogP contribution in [0.3, 0.4) is 0 Å². The SMILES string of the molecule is CC/C=C\C/C=C\C/C=C\C/C=C\C/C=C\CCCCOCC(COP(=O)(O)OCC(N)C(=O)O)OC(=O)CCCCCCCCCCCCCC. The molecule has 0 aromatic carbocycles. The van der Waals surface area contributed by atoms with E-state index in [1.54, 1.807) is 0 Å². The van der Waals surface area contributed by atoms with Gasteiger partial charge in [0.05, 0.1) is 19.8 Å². The minimum absolute atomic E-state index is 0.0134. The third-order valence-corrected chi connectivity index (χ3v) is 9.01. The van der Waals surface area contributed by atoms with Gasteiger partial charge < -0.3 is 25.2 Å². The van der Waals surface area contributed by atoms with E-state index < -0.39 is 45.1 Å². The fraction of sp³-hybridized carbons (Fsp3) is 0.707. The van der Waals surface area contributed by atoms with Crippen molar-refractivity contribution < 1.29 is 42.7 Å². The van der Waals surface area contributed by atoms with Crippen LogP contribution < -0.4 is 5.73 Å². The average molecular weight is 754 g/mol. The predicted octanol–water partition coefficient (Wildman–Crippen LogP) is 10.5. The number of phosphoric ester groups is 1. The third-order valence-electron chi connectivity index (χ3n) is 8.06. The number of carbonyl (C=O) groups excluding carboxylic acids is 1. The number of ether oxygens (including phenoxy) is 2. The molecule has 0 radical (unpaired) electrons. The second-order valence-electron chi connectivity index (χ2n) is 13.0. The number of hydrogen-bond acceptors (Lipinski definition) is 8. The van der Waals surface area contributed by atoms with Gasteiger partial charge in [0.1, 0.15) is 12.1 Å². The highest BCUT2D eigenvalue weighted by molar-refractivity contribution is 7.47. The van der Waals surface area contributed by atoms with Gasteiger partial charge in [0.2, 0.25) is 0 Å². The molecule has 0 aliphatic carbocycles. The molecule has 0 saturated heterocycles. The van der Waals surface area contributed by atoms with E-state index in [-0.39, 0.29) is 13.0 Å². The van der Waals surface area contributed by atoms with Gasteiger partial charge in [0.15, 0.2) is 0 Å². The minimum atomic E-state index is -4.62. The highest BCUT2D eigenvalue weighted by Gasteiger charge is 2.27. The summed E-state index contributed by atoms with van der Waals surface area (Å²) in [6.07, 6.45) is 42.8. The summed E-state index contributed by atoms with van der Waals surface area (Å²) in [5, 5.41) is 8.87. The maximum Gasteiger partial charge on any atom is 0.472 e. The molecule has 3 unspecified atom stereocenters. The van der Waals surface area contributed by atoms with Gasteiger partial charge in [0, 0.05) is 13.0 Å². The summed E-state index contributed by atoms with van der Waals surface area (Å²) in [7, 11) is -4.62. The molecule has 300 valence electrons. The van der Waals surface area contributed by atoms with E-state index in [1.807, 2.05) is 0 Å². The van der Waals surface area contributed by atoms with Gasteiger partial charge in [-0.25, -0.2) is 4.57 Å². The number of esters is 1. The van der Waals surface area contributed by atoms with Gasteiger partial charge in [0.25, 0.3) is 0 Å². The highest BCUT2D eigenvalue weighted by atomic mass is 31.2. The molecule has 3 atom stereocenters. The molecule has 52 heavy (non-hydrogen) atoms. The normalized spacial score (nSPS) is 14.7. The van der Waals surface area contributed by atoms with Crippen LogP contribution in [0.1, 0.15) is 149 Å². The Morgan fingerprint density at radius 3 is 1.63 bits per heavy atom. The standard InChI is InChI=1S/C41H72NO9P/c1-3-5-7-9-11-13-15-17-18-19-20-21-22-24-26-28-30-32-34-48-35-38(36-49-52(46,47)50-37-39(42)41(44)45)51-40(43)33-31-29-27-25-23-16-14-12-10-8-6-4-2/h5,7,11,13,17-18,20-21,24,26,38-39H,3-4,6,8-10,12,14-16,19,22-23,25,27-37,42H2,1-2H3,(H,44,45)(H,46,47)/b7-5-,13-11-,18-17-,21-20-,26-24-. The van der Waals surface area contributed by atoms with Crippen LogP contribution in [0, 0.1) is 0 Å². The zero-order chi connectivity index (χ0) is 38.4. The van der Waals surface area contributed by atoms with Gasteiger partial charge in [-0.1, -0.05) is 145 Å². The van der Waals surface area contributed by atoms with Crippen molar-refractivity contribution in [2.75, 3.05) is 26.4 Å². The maximum absolute atomic E-state index is 12.6. The van der Waals surface area contributed by atoms with E-state index in [0.29, 0.717) is 13.0 Å². The van der Waals surface area contributed by atoms with E-state index in [0.717, 1.165) is 70.6 Å². The number of nitrogens with two attached hydrogens (primary N) is 1. The molecule has 0 amide bonds. The van der Waals surface area contributed by atoms with Crippen molar-refractivity contribution in [3.05, 3.63) is 60.8 Å². The molecule has 10 nitrogen and oxygen atoms in total. The third kappa shape index (κ3) is 36.0. The van der Waals surface area contributed by atoms with Crippen LogP contribution in [-0.2, 0) is 32.7 Å². The second kappa shape index (κ2) is 37.0. The summed E-state index contributed by atoms with van der Waals surface area (Å²) in [5.74, 6) is -1.80. The average Bonchev–Trinajstić information content (AvgIpc) is 3.12. The first-order valence-electron chi connectivity index (χ1n) is 19.8. The zero-order valence-electron chi connectivity index (χ0n) is 32.4. The quantitative estimate of drug-likeness (QED) is 0.0242. The molecule has 0 aliphatic rings. The van der Waals surface area contributed by atoms with E-state index >= 15 is 0 Å². The lowest BCUT2D eigenvalue weighted by Gasteiger charge is -2.20. The van der Waals surface area contributed by atoms with E-state index in [2.05, 4.69) is 79.1 Å². The van der Waals surface area contributed by atoms with Crippen LogP contribution in [0.15, 0.2) is 60.8 Å². The summed E-state index contributed by atoms with van der Waals surface area (Å²) in [4.78, 5) is 33.4. The highest BCUT2D eigenvalue weighted by Crippen LogP contribution is 2.43. The monoisotopic (exact) mass is 753 g/mol. The lowest BCUT2D eigenvalue weighted by atomic mass is 10.0. The van der Waals surface area contributed by atoms with Gasteiger partial charge in [-0.15, -0.1) is 0 Å². The fourth-order valence-corrected chi connectivity index (χ4v) is 5.76. The number of phosphoric acid groups is 1. The van der Waals surface area contributed by atoms with Gasteiger partial charge in [-0.2, -0.15) is 0 Å². The number of hydrogen-bond donors (Lipinski definition) is 3. The van der Waals surface area contributed by atoms with Gasteiger partial charge >= 0.3 is 19.8 Å². The second-order valence-corrected chi connectivity index (χ2v) is 14.5. The fourth-order valence-electron chi connectivity index (χ4n) is 4.98. The number of allylic oxidation sites excluding steroid dienone is 10. The molecule has 0 aromatic heterocycles. The van der Waals surface area contributed by atoms with Crippen molar-refractivity contribution in [2.24, 2.45) is 5.73 Å². The molecule has 0 aliphatic heterocycles. The lowest BCUT2D eigenvalue weighted by molar-refractivity contribution is -0.154. The van der Waals surface area contributed by atoms with Crippen molar-refractivity contribution in [1.29, 1.82) is 0 Å². The first-order chi connectivity index (χ1) is 25.2. The van der Waals surface area contributed by atoms with Crippen molar-refractivity contribution in [3.8, 4) is 0 Å². The van der Waals surface area contributed by atoms with Gasteiger partial charge in [-0.3, -0.25) is 18.6 Å². The Balaban J connectivity index is 4.37. The molecule has 11 heteroatoms. The molecule has 0 saturated carbocycles. The Morgan fingerprint density at radius 1 is 0.635 bits per heavy atom. The van der Waals surface area contributed by atoms with Gasteiger partial charge in [-0.05, 0) is 57.8 Å². The van der Waals surface area contributed by atoms with Crippen molar-refractivity contribution in [2.45, 2.75) is 161 Å². The molecular formula is C41H72NO9P. The Hall–Kier alpha value is -2.33. The Bertz CT molecular complexity index is 1060. The first-order valence-corrected chi connectivity index (χ1v) is 21.3. The molecule has 0 bridgehead atoms. The largest absolute Gasteiger partial charge is 0.480 e. The summed E-state index contributed by atoms with van der Waals surface area (Å²) in [5.41, 5.74) is 5.34. The van der Waals surface area contributed by atoms with Crippen LogP contribution in [0.4, 0.5) is 0 Å².